The summed E-state index contributed by atoms with van der Waals surface area (Å²) in [6, 6.07) is 4.76. The fraction of sp³-hybridized carbons (Fsp3) is 0.250. The molecule has 0 saturated carbocycles. The van der Waals surface area contributed by atoms with Crippen LogP contribution in [0.1, 0.15) is 16.8 Å². The molecule has 18 heavy (non-hydrogen) atoms. The van der Waals surface area contributed by atoms with E-state index in [2.05, 4.69) is 0 Å². The number of amides is 1. The summed E-state index contributed by atoms with van der Waals surface area (Å²) in [6.45, 7) is -0.0483. The first-order valence-electron chi connectivity index (χ1n) is 5.31. The quantitative estimate of drug-likeness (QED) is 0.794. The Hall–Kier alpha value is -2.37. The van der Waals surface area contributed by atoms with Crippen molar-refractivity contribution in [3.05, 3.63) is 23.8 Å². The van der Waals surface area contributed by atoms with Gasteiger partial charge in [-0.1, -0.05) is 6.07 Å². The second kappa shape index (κ2) is 4.48. The third kappa shape index (κ3) is 1.81. The van der Waals surface area contributed by atoms with Gasteiger partial charge in [-0.15, -0.1) is 0 Å². The summed E-state index contributed by atoms with van der Waals surface area (Å²) in [6.07, 6.45) is -0.226. The molecule has 0 unspecified atom stereocenters. The number of nitrogens with zero attached hydrogens (tertiary/aromatic N) is 1. The van der Waals surface area contributed by atoms with Crippen molar-refractivity contribution in [3.8, 4) is 5.75 Å². The van der Waals surface area contributed by atoms with Crippen LogP contribution >= 0.6 is 0 Å². The van der Waals surface area contributed by atoms with Crippen molar-refractivity contribution in [2.45, 2.75) is 6.42 Å². The van der Waals surface area contributed by atoms with Gasteiger partial charge in [0, 0.05) is 6.54 Å². The van der Waals surface area contributed by atoms with Crippen LogP contribution in [0.3, 0.4) is 0 Å². The van der Waals surface area contributed by atoms with Gasteiger partial charge in [-0.25, -0.2) is 0 Å². The van der Waals surface area contributed by atoms with E-state index in [0.29, 0.717) is 11.4 Å². The number of carboxylic acids is 1. The van der Waals surface area contributed by atoms with Crippen LogP contribution in [0.2, 0.25) is 0 Å². The Kier molecular flexibility index (Phi) is 3.01. The summed E-state index contributed by atoms with van der Waals surface area (Å²) < 4.78 is 5.10. The van der Waals surface area contributed by atoms with E-state index in [4.69, 9.17) is 9.84 Å². The molecule has 0 saturated heterocycles. The van der Waals surface area contributed by atoms with Gasteiger partial charge in [0.25, 0.3) is 11.7 Å². The molecule has 1 heterocycles. The smallest absolute Gasteiger partial charge is 0.305 e. The number of Topliss-reactive ketones (excluding diaryl/α,β-unsaturated/α-hetero) is 1. The molecule has 1 aliphatic heterocycles. The SMILES string of the molecule is COc1cccc2c1N(CCC(=O)O)C(=O)C2=O. The van der Waals surface area contributed by atoms with Gasteiger partial charge in [-0.2, -0.15) is 0 Å². The van der Waals surface area contributed by atoms with Gasteiger partial charge in [0.2, 0.25) is 0 Å². The van der Waals surface area contributed by atoms with Gasteiger partial charge in [0.05, 0.1) is 24.8 Å². The molecule has 1 amide bonds. The lowest BCUT2D eigenvalue weighted by atomic mass is 10.1. The summed E-state index contributed by atoms with van der Waals surface area (Å²) in [7, 11) is 1.43. The highest BCUT2D eigenvalue weighted by molar-refractivity contribution is 6.52. The molecule has 6 heteroatoms. The number of fused-ring (bicyclic) bond motifs is 1. The normalized spacial score (nSPS) is 13.7. The van der Waals surface area contributed by atoms with Crippen LogP contribution in [0, 0.1) is 0 Å². The van der Waals surface area contributed by atoms with Crippen molar-refractivity contribution in [2.75, 3.05) is 18.6 Å². The third-order valence-electron chi connectivity index (χ3n) is 2.72. The maximum atomic E-state index is 11.8. The highest BCUT2D eigenvalue weighted by atomic mass is 16.5. The molecule has 1 aromatic rings. The standard InChI is InChI=1S/C12H11NO5/c1-18-8-4-2-3-7-10(8)13(6-5-9(14)15)12(17)11(7)16/h2-4H,5-6H2,1H3,(H,14,15). The number of para-hydroxylation sites is 1. The maximum Gasteiger partial charge on any atom is 0.305 e. The van der Waals surface area contributed by atoms with Crippen molar-refractivity contribution < 1.29 is 24.2 Å². The van der Waals surface area contributed by atoms with Crippen LogP contribution in [-0.2, 0) is 9.59 Å². The van der Waals surface area contributed by atoms with E-state index < -0.39 is 17.7 Å². The Labute approximate surface area is 103 Å². The van der Waals surface area contributed by atoms with Gasteiger partial charge in [-0.05, 0) is 12.1 Å². The van der Waals surface area contributed by atoms with E-state index in [1.807, 2.05) is 0 Å². The second-order valence-electron chi connectivity index (χ2n) is 3.79. The lowest BCUT2D eigenvalue weighted by molar-refractivity contribution is -0.136. The third-order valence-corrected chi connectivity index (χ3v) is 2.72. The summed E-state index contributed by atoms with van der Waals surface area (Å²) in [4.78, 5) is 35.2. The lowest BCUT2D eigenvalue weighted by Gasteiger charge is -2.17. The van der Waals surface area contributed by atoms with E-state index in [9.17, 15) is 14.4 Å². The number of anilines is 1. The van der Waals surface area contributed by atoms with Gasteiger partial charge in [0.1, 0.15) is 5.75 Å². The lowest BCUT2D eigenvalue weighted by Crippen LogP contribution is -2.31. The average Bonchev–Trinajstić information content (AvgIpc) is 2.60. The van der Waals surface area contributed by atoms with E-state index in [-0.39, 0.29) is 18.5 Å². The Morgan fingerprint density at radius 1 is 1.39 bits per heavy atom. The van der Waals surface area contributed by atoms with E-state index in [1.54, 1.807) is 12.1 Å². The Morgan fingerprint density at radius 2 is 2.11 bits per heavy atom. The zero-order chi connectivity index (χ0) is 13.3. The Morgan fingerprint density at radius 3 is 2.72 bits per heavy atom. The van der Waals surface area contributed by atoms with Gasteiger partial charge < -0.3 is 14.7 Å². The van der Waals surface area contributed by atoms with Gasteiger partial charge in [-0.3, -0.25) is 14.4 Å². The van der Waals surface area contributed by atoms with Crippen LogP contribution in [-0.4, -0.2) is 36.4 Å². The second-order valence-corrected chi connectivity index (χ2v) is 3.79. The average molecular weight is 249 g/mol. The maximum absolute atomic E-state index is 11.8. The predicted molar refractivity (Wildman–Crippen MR) is 61.9 cm³/mol. The van der Waals surface area contributed by atoms with Crippen molar-refractivity contribution in [1.29, 1.82) is 0 Å². The number of carboxylic acid groups (broad SMARTS) is 1. The minimum Gasteiger partial charge on any atom is -0.495 e. The minimum absolute atomic E-state index is 0.0483. The number of hydrogen-bond acceptors (Lipinski definition) is 4. The zero-order valence-corrected chi connectivity index (χ0v) is 9.67. The molecule has 0 spiro atoms. The van der Waals surface area contributed by atoms with Crippen LogP contribution in [0.5, 0.6) is 5.75 Å². The predicted octanol–water partition coefficient (Wildman–Crippen LogP) is 0.699. The molecule has 2 rings (SSSR count). The van der Waals surface area contributed by atoms with Crippen LogP contribution < -0.4 is 9.64 Å². The highest BCUT2D eigenvalue weighted by Gasteiger charge is 2.37. The van der Waals surface area contributed by atoms with E-state index in [0.717, 1.165) is 4.90 Å². The number of rotatable bonds is 4. The van der Waals surface area contributed by atoms with Crippen molar-refractivity contribution in [2.24, 2.45) is 0 Å². The molecule has 1 aromatic carbocycles. The molecule has 0 radical (unpaired) electrons. The summed E-state index contributed by atoms with van der Waals surface area (Å²) in [5.41, 5.74) is 0.612. The molecule has 1 N–H and O–H groups in total. The Balaban J connectivity index is 2.42. The van der Waals surface area contributed by atoms with E-state index >= 15 is 0 Å². The van der Waals surface area contributed by atoms with E-state index in [1.165, 1.54) is 13.2 Å². The summed E-state index contributed by atoms with van der Waals surface area (Å²) in [5.74, 6) is -1.99. The number of carbonyl (C=O) groups excluding carboxylic acids is 2. The first-order chi connectivity index (χ1) is 8.56. The number of benzene rings is 1. The molecule has 0 bridgehead atoms. The largest absolute Gasteiger partial charge is 0.495 e. The fourth-order valence-electron chi connectivity index (χ4n) is 1.91. The monoisotopic (exact) mass is 249 g/mol. The van der Waals surface area contributed by atoms with Crippen LogP contribution in [0.4, 0.5) is 5.69 Å². The number of ketones is 1. The molecular formula is C12H11NO5. The summed E-state index contributed by atoms with van der Waals surface area (Å²) in [5, 5.41) is 8.65. The van der Waals surface area contributed by atoms with Crippen molar-refractivity contribution in [3.63, 3.8) is 0 Å². The first kappa shape index (κ1) is 12.1. The molecule has 94 valence electrons. The topological polar surface area (TPSA) is 83.9 Å². The fourth-order valence-corrected chi connectivity index (χ4v) is 1.91. The van der Waals surface area contributed by atoms with Crippen LogP contribution in [0.25, 0.3) is 0 Å². The molecule has 0 fully saturated rings. The number of methoxy groups -OCH3 is 1. The Bertz CT molecular complexity index is 537. The van der Waals surface area contributed by atoms with Crippen LogP contribution in [0.15, 0.2) is 18.2 Å². The zero-order valence-electron chi connectivity index (χ0n) is 9.67. The van der Waals surface area contributed by atoms with Gasteiger partial charge in [0.15, 0.2) is 0 Å². The molecule has 6 nitrogen and oxygen atoms in total. The highest BCUT2D eigenvalue weighted by Crippen LogP contribution is 2.37. The number of ether oxygens (including phenoxy) is 1. The molecule has 0 aliphatic carbocycles. The van der Waals surface area contributed by atoms with Crippen molar-refractivity contribution in [1.82, 2.24) is 0 Å². The molecule has 0 aromatic heterocycles. The molecule has 1 aliphatic rings. The number of aliphatic carboxylic acids is 1. The minimum atomic E-state index is -1.03. The number of hydrogen-bond donors (Lipinski definition) is 1. The first-order valence-corrected chi connectivity index (χ1v) is 5.31. The molecule has 0 atom stereocenters. The molecular weight excluding hydrogens is 238 g/mol. The summed E-state index contributed by atoms with van der Waals surface area (Å²) >= 11 is 0. The number of carbonyl (C=O) groups is 3. The van der Waals surface area contributed by atoms with Crippen molar-refractivity contribution >= 4 is 23.3 Å². The van der Waals surface area contributed by atoms with Gasteiger partial charge >= 0.3 is 5.97 Å².